The fraction of sp³-hybridized carbons (Fsp3) is 0.435. The number of morpholine rings is 1. The van der Waals surface area contributed by atoms with Gasteiger partial charge in [0.15, 0.2) is 0 Å². The predicted octanol–water partition coefficient (Wildman–Crippen LogP) is 2.80. The number of nitrogens with one attached hydrogen (secondary N) is 1. The summed E-state index contributed by atoms with van der Waals surface area (Å²) in [6.07, 6.45) is 0. The molecule has 1 amide bonds. The third kappa shape index (κ3) is 4.71. The molecule has 29 heavy (non-hydrogen) atoms. The fourth-order valence-corrected chi connectivity index (χ4v) is 4.18. The standard InChI is InChI=1S/C23H30N4O2/c1-18-15-25(2)22-6-4-3-5-19(22)16-27(18)17-23(28)24-20-7-9-21(10-8-20)26-11-13-29-14-12-26/h3-10,18H,11-17H2,1-2H3,(H,24,28)/t18-/m0/s1. The minimum Gasteiger partial charge on any atom is -0.378 e. The van der Waals surface area contributed by atoms with Gasteiger partial charge in [0, 0.05) is 56.3 Å². The number of anilines is 3. The van der Waals surface area contributed by atoms with E-state index in [0.717, 1.165) is 45.1 Å². The highest BCUT2D eigenvalue weighted by molar-refractivity contribution is 5.92. The number of ether oxygens (including phenoxy) is 1. The van der Waals surface area contributed by atoms with Gasteiger partial charge in [0.2, 0.25) is 5.91 Å². The molecular formula is C23H30N4O2. The monoisotopic (exact) mass is 394 g/mol. The highest BCUT2D eigenvalue weighted by Crippen LogP contribution is 2.26. The number of benzene rings is 2. The number of hydrogen-bond donors (Lipinski definition) is 1. The van der Waals surface area contributed by atoms with E-state index in [1.807, 2.05) is 12.1 Å². The van der Waals surface area contributed by atoms with Gasteiger partial charge in [-0.05, 0) is 42.8 Å². The first-order valence-corrected chi connectivity index (χ1v) is 10.4. The number of likely N-dealkylation sites (N-methyl/N-ethyl adjacent to an activating group) is 1. The van der Waals surface area contributed by atoms with E-state index >= 15 is 0 Å². The van der Waals surface area contributed by atoms with Crippen LogP contribution in [0, 0.1) is 0 Å². The van der Waals surface area contributed by atoms with Gasteiger partial charge in [-0.25, -0.2) is 0 Å². The van der Waals surface area contributed by atoms with Gasteiger partial charge in [0.1, 0.15) is 0 Å². The van der Waals surface area contributed by atoms with Crippen LogP contribution in [-0.4, -0.2) is 63.3 Å². The van der Waals surface area contributed by atoms with Crippen molar-refractivity contribution in [3.63, 3.8) is 0 Å². The molecule has 0 bridgehead atoms. The number of fused-ring (bicyclic) bond motifs is 1. The molecule has 0 aromatic heterocycles. The Labute approximate surface area is 173 Å². The zero-order valence-electron chi connectivity index (χ0n) is 17.3. The van der Waals surface area contributed by atoms with Gasteiger partial charge in [-0.1, -0.05) is 18.2 Å². The molecule has 1 saturated heterocycles. The van der Waals surface area contributed by atoms with Gasteiger partial charge in [-0.2, -0.15) is 0 Å². The molecule has 154 valence electrons. The fourth-order valence-electron chi connectivity index (χ4n) is 4.18. The number of carbonyl (C=O) groups excluding carboxylic acids is 1. The summed E-state index contributed by atoms with van der Waals surface area (Å²) in [5.74, 6) is 0.0259. The minimum atomic E-state index is 0.0259. The molecule has 4 rings (SSSR count). The molecule has 0 radical (unpaired) electrons. The van der Waals surface area contributed by atoms with Crippen LogP contribution in [0.1, 0.15) is 12.5 Å². The second kappa shape index (κ2) is 8.84. The quantitative estimate of drug-likeness (QED) is 0.864. The zero-order chi connectivity index (χ0) is 20.2. The first kappa shape index (κ1) is 19.7. The Morgan fingerprint density at radius 1 is 1.10 bits per heavy atom. The van der Waals surface area contributed by atoms with Crippen LogP contribution < -0.4 is 15.1 Å². The zero-order valence-corrected chi connectivity index (χ0v) is 17.3. The van der Waals surface area contributed by atoms with Gasteiger partial charge < -0.3 is 19.9 Å². The normalized spacial score (nSPS) is 20.1. The molecule has 2 aromatic rings. The van der Waals surface area contributed by atoms with Crippen molar-refractivity contribution in [3.05, 3.63) is 54.1 Å². The summed E-state index contributed by atoms with van der Waals surface area (Å²) in [6, 6.07) is 16.8. The molecule has 1 fully saturated rings. The molecule has 0 unspecified atom stereocenters. The van der Waals surface area contributed by atoms with Crippen LogP contribution in [0.5, 0.6) is 0 Å². The lowest BCUT2D eigenvalue weighted by molar-refractivity contribution is -0.117. The maximum atomic E-state index is 12.7. The van der Waals surface area contributed by atoms with Crippen LogP contribution in [0.3, 0.4) is 0 Å². The van der Waals surface area contributed by atoms with Crippen LogP contribution in [0.15, 0.2) is 48.5 Å². The summed E-state index contributed by atoms with van der Waals surface area (Å²) in [5, 5.41) is 3.06. The summed E-state index contributed by atoms with van der Waals surface area (Å²) >= 11 is 0. The molecule has 2 aliphatic heterocycles. The molecule has 6 nitrogen and oxygen atoms in total. The third-order valence-electron chi connectivity index (χ3n) is 5.81. The second-order valence-electron chi connectivity index (χ2n) is 7.96. The van der Waals surface area contributed by atoms with E-state index < -0.39 is 0 Å². The molecule has 2 heterocycles. The number of rotatable bonds is 4. The van der Waals surface area contributed by atoms with Crippen LogP contribution >= 0.6 is 0 Å². The van der Waals surface area contributed by atoms with Crippen molar-refractivity contribution in [3.8, 4) is 0 Å². The Bertz CT molecular complexity index is 833. The number of carbonyl (C=O) groups is 1. The van der Waals surface area contributed by atoms with Crippen molar-refractivity contribution in [1.82, 2.24) is 4.90 Å². The van der Waals surface area contributed by atoms with Crippen molar-refractivity contribution >= 4 is 23.0 Å². The molecule has 2 aliphatic rings. The van der Waals surface area contributed by atoms with Crippen molar-refractivity contribution in [2.75, 3.05) is 61.6 Å². The largest absolute Gasteiger partial charge is 0.378 e. The lowest BCUT2D eigenvalue weighted by Gasteiger charge is -2.29. The van der Waals surface area contributed by atoms with E-state index in [-0.39, 0.29) is 5.91 Å². The van der Waals surface area contributed by atoms with Crippen molar-refractivity contribution in [2.24, 2.45) is 0 Å². The average Bonchev–Trinajstić information content (AvgIpc) is 2.85. The maximum absolute atomic E-state index is 12.7. The number of nitrogens with zero attached hydrogens (tertiary/aromatic N) is 3. The van der Waals surface area contributed by atoms with Crippen LogP contribution in [-0.2, 0) is 16.1 Å². The van der Waals surface area contributed by atoms with Crippen molar-refractivity contribution < 1.29 is 9.53 Å². The Hall–Kier alpha value is -2.57. The summed E-state index contributed by atoms with van der Waals surface area (Å²) in [7, 11) is 2.12. The molecule has 0 saturated carbocycles. The van der Waals surface area contributed by atoms with Gasteiger partial charge in [0.05, 0.1) is 19.8 Å². The lowest BCUT2D eigenvalue weighted by Crippen LogP contribution is -2.42. The Morgan fingerprint density at radius 3 is 2.59 bits per heavy atom. The van der Waals surface area contributed by atoms with E-state index in [1.165, 1.54) is 16.9 Å². The molecule has 1 N–H and O–H groups in total. The average molecular weight is 395 g/mol. The van der Waals surface area contributed by atoms with Gasteiger partial charge in [-0.3, -0.25) is 9.69 Å². The van der Waals surface area contributed by atoms with Crippen LogP contribution in [0.25, 0.3) is 0 Å². The third-order valence-corrected chi connectivity index (χ3v) is 5.81. The van der Waals surface area contributed by atoms with Gasteiger partial charge in [-0.15, -0.1) is 0 Å². The number of hydrogen-bond acceptors (Lipinski definition) is 5. The number of para-hydroxylation sites is 1. The van der Waals surface area contributed by atoms with Crippen LogP contribution in [0.2, 0.25) is 0 Å². The summed E-state index contributed by atoms with van der Waals surface area (Å²) < 4.78 is 5.41. The first-order valence-electron chi connectivity index (χ1n) is 10.4. The van der Waals surface area contributed by atoms with E-state index in [9.17, 15) is 4.79 Å². The molecule has 0 spiro atoms. The molecule has 2 aromatic carbocycles. The summed E-state index contributed by atoms with van der Waals surface area (Å²) in [6.45, 7) is 7.61. The van der Waals surface area contributed by atoms with E-state index in [0.29, 0.717) is 12.6 Å². The minimum absolute atomic E-state index is 0.0259. The SMILES string of the molecule is C[C@H]1CN(C)c2ccccc2CN1CC(=O)Nc1ccc(N2CCOCC2)cc1. The summed E-state index contributed by atoms with van der Waals surface area (Å²) in [5.41, 5.74) is 4.53. The van der Waals surface area contributed by atoms with E-state index in [1.54, 1.807) is 0 Å². The topological polar surface area (TPSA) is 48.0 Å². The number of amides is 1. The Kier molecular flexibility index (Phi) is 6.02. The van der Waals surface area contributed by atoms with Gasteiger partial charge >= 0.3 is 0 Å². The lowest BCUT2D eigenvalue weighted by atomic mass is 10.1. The first-order chi connectivity index (χ1) is 14.1. The molecular weight excluding hydrogens is 364 g/mol. The van der Waals surface area contributed by atoms with Crippen molar-refractivity contribution in [2.45, 2.75) is 19.5 Å². The Balaban J connectivity index is 1.37. The second-order valence-corrected chi connectivity index (χ2v) is 7.96. The predicted molar refractivity (Wildman–Crippen MR) is 118 cm³/mol. The maximum Gasteiger partial charge on any atom is 0.238 e. The Morgan fingerprint density at radius 2 is 1.83 bits per heavy atom. The van der Waals surface area contributed by atoms with E-state index in [4.69, 9.17) is 4.74 Å². The summed E-state index contributed by atoms with van der Waals surface area (Å²) in [4.78, 5) is 19.6. The highest BCUT2D eigenvalue weighted by atomic mass is 16.5. The smallest absolute Gasteiger partial charge is 0.238 e. The van der Waals surface area contributed by atoms with E-state index in [2.05, 4.69) is 70.4 Å². The molecule has 1 atom stereocenters. The molecule has 6 heteroatoms. The molecule has 0 aliphatic carbocycles. The van der Waals surface area contributed by atoms with Gasteiger partial charge in [0.25, 0.3) is 0 Å². The van der Waals surface area contributed by atoms with Crippen molar-refractivity contribution in [1.29, 1.82) is 0 Å². The highest BCUT2D eigenvalue weighted by Gasteiger charge is 2.24. The van der Waals surface area contributed by atoms with Crippen LogP contribution in [0.4, 0.5) is 17.1 Å².